The van der Waals surface area contributed by atoms with Gasteiger partial charge in [0.1, 0.15) is 17.6 Å². The number of ether oxygens (including phenoxy) is 2. The second-order valence-corrected chi connectivity index (χ2v) is 6.90. The minimum Gasteiger partial charge on any atom is -0.497 e. The van der Waals surface area contributed by atoms with Gasteiger partial charge in [0.2, 0.25) is 5.91 Å². The smallest absolute Gasteiger partial charge is 0.236 e. The van der Waals surface area contributed by atoms with Crippen molar-refractivity contribution in [2.45, 2.75) is 37.9 Å². The quantitative estimate of drug-likeness (QED) is 0.874. The summed E-state index contributed by atoms with van der Waals surface area (Å²) in [5.41, 5.74) is 0. The van der Waals surface area contributed by atoms with Crippen molar-refractivity contribution in [3.63, 3.8) is 0 Å². The molecule has 6 heteroatoms. The predicted molar refractivity (Wildman–Crippen MR) is 94.9 cm³/mol. The number of β-amino-alcohol motifs (C(OH)–C–C–N with tert-alkyl or cyclic N) is 1. The van der Waals surface area contributed by atoms with Crippen LogP contribution >= 0.6 is 0 Å². The predicted octanol–water partition coefficient (Wildman–Crippen LogP) is 1.52. The Bertz CT molecular complexity index is 555. The molecule has 0 bridgehead atoms. The second-order valence-electron chi connectivity index (χ2n) is 6.90. The minimum absolute atomic E-state index is 0.147. The summed E-state index contributed by atoms with van der Waals surface area (Å²) in [5, 5.41) is 9.72. The Morgan fingerprint density at radius 3 is 2.44 bits per heavy atom. The first-order valence-electron chi connectivity index (χ1n) is 9.13. The molecule has 2 fully saturated rings. The van der Waals surface area contributed by atoms with Gasteiger partial charge in [0.05, 0.1) is 19.8 Å². The lowest BCUT2D eigenvalue weighted by atomic mass is 10.1. The fourth-order valence-electron chi connectivity index (χ4n) is 3.54. The topological polar surface area (TPSA) is 62.2 Å². The van der Waals surface area contributed by atoms with E-state index in [4.69, 9.17) is 9.47 Å². The van der Waals surface area contributed by atoms with Crippen molar-refractivity contribution in [2.75, 3.05) is 39.8 Å². The molecule has 2 saturated heterocycles. The number of nitrogens with zero attached hydrogens (tertiary/aromatic N) is 2. The fraction of sp³-hybridized carbons (Fsp3) is 0.632. The van der Waals surface area contributed by atoms with Crippen molar-refractivity contribution >= 4 is 5.91 Å². The first-order valence-corrected chi connectivity index (χ1v) is 9.13. The number of hydrogen-bond acceptors (Lipinski definition) is 5. The van der Waals surface area contributed by atoms with Gasteiger partial charge in [-0.2, -0.15) is 0 Å². The van der Waals surface area contributed by atoms with Gasteiger partial charge in [-0.25, -0.2) is 0 Å². The molecular formula is C19H28N2O4. The number of benzene rings is 1. The highest BCUT2D eigenvalue weighted by atomic mass is 16.5. The molecule has 25 heavy (non-hydrogen) atoms. The largest absolute Gasteiger partial charge is 0.497 e. The zero-order chi connectivity index (χ0) is 17.6. The van der Waals surface area contributed by atoms with E-state index in [1.54, 1.807) is 7.11 Å². The van der Waals surface area contributed by atoms with Crippen molar-refractivity contribution in [1.82, 2.24) is 9.80 Å². The number of carbonyl (C=O) groups excluding carboxylic acids is 1. The molecule has 138 valence electrons. The Labute approximate surface area is 149 Å². The van der Waals surface area contributed by atoms with Crippen molar-refractivity contribution in [3.05, 3.63) is 24.3 Å². The number of rotatable bonds is 5. The van der Waals surface area contributed by atoms with Crippen LogP contribution < -0.4 is 9.47 Å². The number of methoxy groups -OCH3 is 1. The molecule has 1 atom stereocenters. The average Bonchev–Trinajstić information content (AvgIpc) is 2.63. The van der Waals surface area contributed by atoms with Crippen LogP contribution in [0.3, 0.4) is 0 Å². The van der Waals surface area contributed by atoms with E-state index in [2.05, 4.69) is 4.90 Å². The highest BCUT2D eigenvalue weighted by Crippen LogP contribution is 2.22. The van der Waals surface area contributed by atoms with E-state index in [0.717, 1.165) is 56.8 Å². The monoisotopic (exact) mass is 348 g/mol. The van der Waals surface area contributed by atoms with E-state index >= 15 is 0 Å². The molecule has 1 N–H and O–H groups in total. The van der Waals surface area contributed by atoms with Crippen LogP contribution in [0.25, 0.3) is 0 Å². The van der Waals surface area contributed by atoms with E-state index < -0.39 is 0 Å². The molecule has 2 heterocycles. The summed E-state index contributed by atoms with van der Waals surface area (Å²) < 4.78 is 11.2. The third kappa shape index (κ3) is 5.09. The Balaban J connectivity index is 1.42. The van der Waals surface area contributed by atoms with Gasteiger partial charge in [-0.15, -0.1) is 0 Å². The Morgan fingerprint density at radius 2 is 1.80 bits per heavy atom. The van der Waals surface area contributed by atoms with Crippen LogP contribution in [0.5, 0.6) is 11.5 Å². The van der Waals surface area contributed by atoms with Crippen LogP contribution in [0.15, 0.2) is 24.3 Å². The normalized spacial score (nSPS) is 22.6. The maximum Gasteiger partial charge on any atom is 0.236 e. The van der Waals surface area contributed by atoms with Gasteiger partial charge in [0.15, 0.2) is 0 Å². The molecule has 2 aliphatic rings. The SMILES string of the molecule is COc1ccc(OC2CCN(C(=O)CN3CCCC(O)C3)CC2)cc1. The number of aliphatic hydroxyl groups is 1. The second kappa shape index (κ2) is 8.54. The summed E-state index contributed by atoms with van der Waals surface area (Å²) in [6.45, 7) is 3.40. The maximum absolute atomic E-state index is 12.5. The lowest BCUT2D eigenvalue weighted by molar-refractivity contribution is -0.134. The highest BCUT2D eigenvalue weighted by molar-refractivity contribution is 5.78. The van der Waals surface area contributed by atoms with Crippen molar-refractivity contribution in [3.8, 4) is 11.5 Å². The van der Waals surface area contributed by atoms with Gasteiger partial charge in [-0.1, -0.05) is 0 Å². The average molecular weight is 348 g/mol. The van der Waals surface area contributed by atoms with Crippen LogP contribution in [-0.2, 0) is 4.79 Å². The summed E-state index contributed by atoms with van der Waals surface area (Å²) in [5.74, 6) is 1.82. The molecule has 3 rings (SSSR count). The molecule has 0 saturated carbocycles. The first-order chi connectivity index (χ1) is 12.1. The van der Waals surface area contributed by atoms with E-state index in [1.165, 1.54) is 0 Å². The molecule has 1 aromatic rings. The molecule has 0 aliphatic carbocycles. The first kappa shape index (κ1) is 18.0. The zero-order valence-corrected chi connectivity index (χ0v) is 14.9. The molecular weight excluding hydrogens is 320 g/mol. The minimum atomic E-state index is -0.287. The number of carbonyl (C=O) groups is 1. The van der Waals surface area contributed by atoms with E-state index in [0.29, 0.717) is 13.1 Å². The number of amides is 1. The van der Waals surface area contributed by atoms with Gasteiger partial charge in [-0.05, 0) is 43.7 Å². The summed E-state index contributed by atoms with van der Waals surface area (Å²) >= 11 is 0. The molecule has 0 spiro atoms. The summed E-state index contributed by atoms with van der Waals surface area (Å²) in [7, 11) is 1.65. The number of piperidine rings is 2. The van der Waals surface area contributed by atoms with Gasteiger partial charge in [-0.3, -0.25) is 9.69 Å². The van der Waals surface area contributed by atoms with Gasteiger partial charge < -0.3 is 19.5 Å². The van der Waals surface area contributed by atoms with Gasteiger partial charge >= 0.3 is 0 Å². The van der Waals surface area contributed by atoms with E-state index in [9.17, 15) is 9.90 Å². The lowest BCUT2D eigenvalue weighted by Crippen LogP contribution is -2.48. The zero-order valence-electron chi connectivity index (χ0n) is 14.9. The molecule has 1 aromatic carbocycles. The fourth-order valence-corrected chi connectivity index (χ4v) is 3.54. The van der Waals surface area contributed by atoms with Gasteiger partial charge in [0, 0.05) is 32.5 Å². The van der Waals surface area contributed by atoms with Crippen molar-refractivity contribution in [2.24, 2.45) is 0 Å². The maximum atomic E-state index is 12.5. The molecule has 1 unspecified atom stereocenters. The number of hydrogen-bond donors (Lipinski definition) is 1. The number of likely N-dealkylation sites (tertiary alicyclic amines) is 2. The lowest BCUT2D eigenvalue weighted by Gasteiger charge is -2.35. The Hall–Kier alpha value is -1.79. The van der Waals surface area contributed by atoms with Gasteiger partial charge in [0.25, 0.3) is 0 Å². The number of aliphatic hydroxyl groups excluding tert-OH is 1. The summed E-state index contributed by atoms with van der Waals surface area (Å²) in [6, 6.07) is 7.61. The Morgan fingerprint density at radius 1 is 1.12 bits per heavy atom. The molecule has 6 nitrogen and oxygen atoms in total. The molecule has 2 aliphatic heterocycles. The van der Waals surface area contributed by atoms with E-state index in [1.807, 2.05) is 29.2 Å². The standard InChI is InChI=1S/C19H28N2O4/c1-24-16-4-6-17(7-5-16)25-18-8-11-21(12-9-18)19(23)14-20-10-2-3-15(22)13-20/h4-7,15,18,22H,2-3,8-14H2,1H3. The van der Waals surface area contributed by atoms with E-state index in [-0.39, 0.29) is 18.1 Å². The van der Waals surface area contributed by atoms with Crippen LogP contribution in [0.2, 0.25) is 0 Å². The van der Waals surface area contributed by atoms with Crippen LogP contribution in [0.4, 0.5) is 0 Å². The molecule has 0 radical (unpaired) electrons. The van der Waals surface area contributed by atoms with Crippen LogP contribution in [0.1, 0.15) is 25.7 Å². The third-order valence-electron chi connectivity index (χ3n) is 5.00. The van der Waals surface area contributed by atoms with Crippen molar-refractivity contribution in [1.29, 1.82) is 0 Å². The van der Waals surface area contributed by atoms with Crippen molar-refractivity contribution < 1.29 is 19.4 Å². The Kier molecular flexibility index (Phi) is 6.15. The molecule has 1 amide bonds. The molecule has 0 aromatic heterocycles. The third-order valence-corrected chi connectivity index (χ3v) is 5.00. The van der Waals surface area contributed by atoms with Crippen LogP contribution in [0, 0.1) is 0 Å². The highest BCUT2D eigenvalue weighted by Gasteiger charge is 2.26. The summed E-state index contributed by atoms with van der Waals surface area (Å²) in [6.07, 6.45) is 3.37. The van der Waals surface area contributed by atoms with Crippen LogP contribution in [-0.4, -0.2) is 72.9 Å². The summed E-state index contributed by atoms with van der Waals surface area (Å²) in [4.78, 5) is 16.4.